The molecule has 0 bridgehead atoms. The van der Waals surface area contributed by atoms with E-state index in [2.05, 4.69) is 10.3 Å². The maximum atomic E-state index is 13.5. The van der Waals surface area contributed by atoms with E-state index in [-0.39, 0.29) is 5.82 Å². The van der Waals surface area contributed by atoms with Gasteiger partial charge in [-0.1, -0.05) is 18.0 Å². The summed E-state index contributed by atoms with van der Waals surface area (Å²) in [6, 6.07) is 1.27. The van der Waals surface area contributed by atoms with Crippen molar-refractivity contribution in [3.63, 3.8) is 0 Å². The third-order valence-corrected chi connectivity index (χ3v) is 3.96. The van der Waals surface area contributed by atoms with Gasteiger partial charge in [0.05, 0.1) is 5.02 Å². The van der Waals surface area contributed by atoms with Crippen LogP contribution in [0.2, 0.25) is 5.02 Å². The van der Waals surface area contributed by atoms with Crippen molar-refractivity contribution in [2.75, 3.05) is 17.7 Å². The molecule has 1 aromatic rings. The van der Waals surface area contributed by atoms with Crippen LogP contribution in [0.3, 0.4) is 0 Å². The number of anilines is 1. The Morgan fingerprint density at radius 3 is 2.88 bits per heavy atom. The summed E-state index contributed by atoms with van der Waals surface area (Å²) in [5, 5.41) is 3.36. The zero-order chi connectivity index (χ0) is 12.3. The van der Waals surface area contributed by atoms with Gasteiger partial charge in [0.2, 0.25) is 0 Å². The Labute approximate surface area is 111 Å². The first-order valence-corrected chi connectivity index (χ1v) is 6.73. The zero-order valence-electron chi connectivity index (χ0n) is 9.43. The second-order valence-corrected chi connectivity index (χ2v) is 5.22. The van der Waals surface area contributed by atoms with E-state index >= 15 is 0 Å². The molecule has 94 valence electrons. The predicted molar refractivity (Wildman–Crippen MR) is 69.2 cm³/mol. The number of hydrogen-bond acceptors (Lipinski definition) is 2. The van der Waals surface area contributed by atoms with Crippen molar-refractivity contribution in [3.8, 4) is 0 Å². The van der Waals surface area contributed by atoms with Crippen molar-refractivity contribution >= 4 is 29.0 Å². The van der Waals surface area contributed by atoms with Gasteiger partial charge in [0.25, 0.3) is 0 Å². The molecule has 1 fully saturated rings. The Hall–Kier alpha value is -0.540. The van der Waals surface area contributed by atoms with Crippen molar-refractivity contribution in [3.05, 3.63) is 23.1 Å². The van der Waals surface area contributed by atoms with Crippen LogP contribution in [0.4, 0.5) is 10.2 Å². The fourth-order valence-corrected chi connectivity index (χ4v) is 2.91. The number of halogens is 3. The molecular weight excluding hydrogens is 262 g/mol. The van der Waals surface area contributed by atoms with Crippen molar-refractivity contribution in [2.45, 2.75) is 19.3 Å². The summed E-state index contributed by atoms with van der Waals surface area (Å²) in [5.74, 6) is 1.61. The first-order chi connectivity index (χ1) is 8.20. The van der Waals surface area contributed by atoms with E-state index in [0.29, 0.717) is 22.7 Å². The van der Waals surface area contributed by atoms with Crippen molar-refractivity contribution in [1.82, 2.24) is 4.98 Å². The van der Waals surface area contributed by atoms with E-state index in [1.54, 1.807) is 0 Å². The third-order valence-electron chi connectivity index (χ3n) is 3.35. The van der Waals surface area contributed by atoms with Gasteiger partial charge in [-0.05, 0) is 30.7 Å². The first kappa shape index (κ1) is 12.9. The molecule has 2 atom stereocenters. The smallest absolute Gasteiger partial charge is 0.166 e. The first-order valence-electron chi connectivity index (χ1n) is 5.81. The monoisotopic (exact) mass is 276 g/mol. The fourth-order valence-electron chi connectivity index (χ4n) is 2.36. The van der Waals surface area contributed by atoms with Gasteiger partial charge in [-0.15, -0.1) is 11.6 Å². The molecule has 1 aromatic heterocycles. The molecule has 0 aromatic carbocycles. The minimum absolute atomic E-state index is 0.273. The fraction of sp³-hybridized carbons (Fsp3) is 0.583. The molecule has 0 amide bonds. The Balaban J connectivity index is 1.93. The Bertz CT molecular complexity index is 387. The van der Waals surface area contributed by atoms with Crippen LogP contribution >= 0.6 is 23.2 Å². The van der Waals surface area contributed by atoms with Gasteiger partial charge in [0, 0.05) is 18.6 Å². The van der Waals surface area contributed by atoms with Crippen LogP contribution < -0.4 is 5.32 Å². The van der Waals surface area contributed by atoms with Gasteiger partial charge >= 0.3 is 0 Å². The van der Waals surface area contributed by atoms with Gasteiger partial charge in [-0.25, -0.2) is 9.37 Å². The Morgan fingerprint density at radius 2 is 2.18 bits per heavy atom. The lowest BCUT2D eigenvalue weighted by molar-refractivity contribution is 0.443. The Morgan fingerprint density at radius 1 is 1.41 bits per heavy atom. The maximum absolute atomic E-state index is 13.5. The van der Waals surface area contributed by atoms with Gasteiger partial charge < -0.3 is 5.32 Å². The predicted octanol–water partition coefficient (Wildman–Crippen LogP) is 3.94. The summed E-state index contributed by atoms with van der Waals surface area (Å²) < 4.78 is 13.5. The highest BCUT2D eigenvalue weighted by atomic mass is 35.5. The van der Waals surface area contributed by atoms with E-state index in [0.717, 1.165) is 13.0 Å². The lowest BCUT2D eigenvalue weighted by Crippen LogP contribution is -2.20. The molecule has 17 heavy (non-hydrogen) atoms. The van der Waals surface area contributed by atoms with Gasteiger partial charge in [0.15, 0.2) is 11.6 Å². The average molecular weight is 277 g/mol. The van der Waals surface area contributed by atoms with Crippen molar-refractivity contribution in [2.24, 2.45) is 11.8 Å². The zero-order valence-corrected chi connectivity index (χ0v) is 10.9. The molecule has 1 saturated carbocycles. The summed E-state index contributed by atoms with van der Waals surface area (Å²) in [7, 11) is 0. The van der Waals surface area contributed by atoms with Gasteiger partial charge in [-0.3, -0.25) is 0 Å². The number of hydrogen-bond donors (Lipinski definition) is 1. The summed E-state index contributed by atoms with van der Waals surface area (Å²) in [5.41, 5.74) is 0. The summed E-state index contributed by atoms with van der Waals surface area (Å²) >= 11 is 11.5. The van der Waals surface area contributed by atoms with E-state index in [1.165, 1.54) is 25.1 Å². The molecule has 1 N–H and O–H groups in total. The highest BCUT2D eigenvalue weighted by Gasteiger charge is 2.26. The number of nitrogens with zero attached hydrogens (tertiary/aromatic N) is 1. The molecular formula is C12H15Cl2FN2. The summed E-state index contributed by atoms with van der Waals surface area (Å²) in [6.45, 7) is 0.725. The second-order valence-electron chi connectivity index (χ2n) is 4.47. The Kier molecular flexibility index (Phi) is 4.46. The van der Waals surface area contributed by atoms with E-state index in [1.807, 2.05) is 0 Å². The summed E-state index contributed by atoms with van der Waals surface area (Å²) in [4.78, 5) is 3.94. The van der Waals surface area contributed by atoms with Crippen LogP contribution in [0.5, 0.6) is 0 Å². The van der Waals surface area contributed by atoms with Crippen LogP contribution in [-0.4, -0.2) is 17.4 Å². The number of rotatable bonds is 4. The molecule has 2 nitrogen and oxygen atoms in total. The van der Waals surface area contributed by atoms with Crippen LogP contribution in [0, 0.1) is 17.7 Å². The minimum Gasteiger partial charge on any atom is -0.367 e. The van der Waals surface area contributed by atoms with Gasteiger partial charge in [-0.2, -0.15) is 0 Å². The molecule has 0 radical (unpaired) electrons. The summed E-state index contributed by atoms with van der Waals surface area (Å²) in [6.07, 6.45) is 4.98. The highest BCUT2D eigenvalue weighted by molar-refractivity contribution is 6.30. The topological polar surface area (TPSA) is 24.9 Å². The lowest BCUT2D eigenvalue weighted by Gasteiger charge is -2.18. The van der Waals surface area contributed by atoms with Crippen molar-refractivity contribution in [1.29, 1.82) is 0 Å². The van der Waals surface area contributed by atoms with Crippen LogP contribution in [0.1, 0.15) is 19.3 Å². The normalized spacial score (nSPS) is 23.9. The van der Waals surface area contributed by atoms with Gasteiger partial charge in [0.1, 0.15) is 0 Å². The van der Waals surface area contributed by atoms with Crippen LogP contribution in [0.25, 0.3) is 0 Å². The molecule has 0 saturated heterocycles. The molecule has 1 aliphatic carbocycles. The third kappa shape index (κ3) is 3.23. The molecule has 1 aliphatic rings. The minimum atomic E-state index is -0.405. The van der Waals surface area contributed by atoms with E-state index in [9.17, 15) is 4.39 Å². The van der Waals surface area contributed by atoms with Crippen LogP contribution in [-0.2, 0) is 0 Å². The quantitative estimate of drug-likeness (QED) is 0.843. The van der Waals surface area contributed by atoms with E-state index in [4.69, 9.17) is 23.2 Å². The SMILES string of the molecule is Fc1cc(Cl)cnc1NCC1CCCC1CCl. The van der Waals surface area contributed by atoms with Crippen molar-refractivity contribution < 1.29 is 4.39 Å². The number of aromatic nitrogens is 1. The van der Waals surface area contributed by atoms with E-state index < -0.39 is 5.82 Å². The molecule has 2 rings (SSSR count). The second kappa shape index (κ2) is 5.87. The number of alkyl halides is 1. The molecule has 0 aliphatic heterocycles. The molecule has 0 spiro atoms. The number of nitrogens with one attached hydrogen (secondary N) is 1. The standard InChI is InChI=1S/C12H15Cl2FN2/c13-5-8-2-1-3-9(8)6-16-12-11(15)4-10(14)7-17-12/h4,7-9H,1-3,5-6H2,(H,16,17). The van der Waals surface area contributed by atoms with Crippen LogP contribution in [0.15, 0.2) is 12.3 Å². The molecule has 2 unspecified atom stereocenters. The lowest BCUT2D eigenvalue weighted by atomic mass is 9.98. The number of pyridine rings is 1. The molecule has 1 heterocycles. The average Bonchev–Trinajstić information content (AvgIpc) is 2.75. The largest absolute Gasteiger partial charge is 0.367 e. The molecule has 5 heteroatoms. The highest BCUT2D eigenvalue weighted by Crippen LogP contribution is 2.32. The maximum Gasteiger partial charge on any atom is 0.166 e.